The smallest absolute Gasteiger partial charge is 0.0665 e. The fourth-order valence-electron chi connectivity index (χ4n) is 1.47. The fraction of sp³-hybridized carbons (Fsp3) is 0.438. The van der Waals surface area contributed by atoms with Crippen LogP contribution < -0.4 is 0 Å². The molecule has 0 amide bonds. The quantitative estimate of drug-likeness (QED) is 0.635. The van der Waals surface area contributed by atoms with E-state index in [9.17, 15) is 0 Å². The van der Waals surface area contributed by atoms with Crippen molar-refractivity contribution in [1.82, 2.24) is 0 Å². The van der Waals surface area contributed by atoms with Gasteiger partial charge in [-0.15, -0.1) is 0 Å². The van der Waals surface area contributed by atoms with Gasteiger partial charge in [0.25, 0.3) is 0 Å². The average Bonchev–Trinajstić information content (AvgIpc) is 2.19. The molecule has 0 aliphatic rings. The van der Waals surface area contributed by atoms with Gasteiger partial charge in [-0.3, -0.25) is 4.99 Å². The molecule has 17 heavy (non-hydrogen) atoms. The Kier molecular flexibility index (Phi) is 3.92. The molecule has 92 valence electrons. The highest BCUT2D eigenvalue weighted by Crippen LogP contribution is 2.28. The molecule has 0 aliphatic carbocycles. The first kappa shape index (κ1) is 13.7. The van der Waals surface area contributed by atoms with Crippen molar-refractivity contribution in [3.63, 3.8) is 0 Å². The summed E-state index contributed by atoms with van der Waals surface area (Å²) in [7, 11) is 0. The maximum absolute atomic E-state index is 4.65. The van der Waals surface area contributed by atoms with Crippen molar-refractivity contribution in [2.75, 3.05) is 0 Å². The maximum atomic E-state index is 4.65. The zero-order chi connectivity index (χ0) is 13.2. The van der Waals surface area contributed by atoms with Crippen LogP contribution in [0.4, 0.5) is 5.69 Å². The number of nitrogens with zero attached hydrogens (tertiary/aromatic N) is 1. The highest BCUT2D eigenvalue weighted by molar-refractivity contribution is 5.98. The molecule has 1 aromatic rings. The SMILES string of the molecule is C=C(C)C(C)=Nc1cc(C(C)(C)C)ccc1C. The Bertz CT molecular complexity index is 459. The van der Waals surface area contributed by atoms with Gasteiger partial charge in [0.15, 0.2) is 0 Å². The Balaban J connectivity index is 3.25. The normalized spacial score (nSPS) is 12.7. The molecule has 0 radical (unpaired) electrons. The summed E-state index contributed by atoms with van der Waals surface area (Å²) in [4.78, 5) is 4.65. The first-order valence-electron chi connectivity index (χ1n) is 6.04. The first-order valence-corrected chi connectivity index (χ1v) is 6.04. The highest BCUT2D eigenvalue weighted by Gasteiger charge is 2.14. The van der Waals surface area contributed by atoms with Crippen molar-refractivity contribution in [3.05, 3.63) is 41.5 Å². The average molecular weight is 229 g/mol. The van der Waals surface area contributed by atoms with Gasteiger partial charge >= 0.3 is 0 Å². The van der Waals surface area contributed by atoms with E-state index in [1.54, 1.807) is 0 Å². The van der Waals surface area contributed by atoms with Gasteiger partial charge in [0.2, 0.25) is 0 Å². The molecule has 0 unspecified atom stereocenters. The third-order valence-corrected chi connectivity index (χ3v) is 2.98. The zero-order valence-electron chi connectivity index (χ0n) is 11.9. The molecule has 1 aromatic carbocycles. The van der Waals surface area contributed by atoms with E-state index in [0.29, 0.717) is 0 Å². The molecule has 0 N–H and O–H groups in total. The molecule has 0 saturated heterocycles. The van der Waals surface area contributed by atoms with Crippen LogP contribution >= 0.6 is 0 Å². The number of benzene rings is 1. The number of rotatable bonds is 2. The summed E-state index contributed by atoms with van der Waals surface area (Å²) in [5, 5.41) is 0. The van der Waals surface area contributed by atoms with Crippen molar-refractivity contribution in [3.8, 4) is 0 Å². The van der Waals surface area contributed by atoms with Crippen LogP contribution in [0, 0.1) is 6.92 Å². The minimum Gasteiger partial charge on any atom is -0.253 e. The molecular formula is C16H23N. The maximum Gasteiger partial charge on any atom is 0.0665 e. The Morgan fingerprint density at radius 3 is 2.24 bits per heavy atom. The second kappa shape index (κ2) is 4.87. The lowest BCUT2D eigenvalue weighted by atomic mass is 9.86. The van der Waals surface area contributed by atoms with Gasteiger partial charge in [-0.1, -0.05) is 39.5 Å². The molecular weight excluding hydrogens is 206 g/mol. The van der Waals surface area contributed by atoms with Crippen LogP contribution in [-0.2, 0) is 5.41 Å². The fourth-order valence-corrected chi connectivity index (χ4v) is 1.47. The van der Waals surface area contributed by atoms with Crippen molar-refractivity contribution in [1.29, 1.82) is 0 Å². The monoisotopic (exact) mass is 229 g/mol. The van der Waals surface area contributed by atoms with Gasteiger partial charge in [0, 0.05) is 5.71 Å². The van der Waals surface area contributed by atoms with Crippen molar-refractivity contribution < 1.29 is 0 Å². The van der Waals surface area contributed by atoms with Gasteiger partial charge in [-0.05, 0) is 49.0 Å². The molecule has 0 aliphatic heterocycles. The van der Waals surface area contributed by atoms with Gasteiger partial charge in [-0.2, -0.15) is 0 Å². The predicted octanol–water partition coefficient (Wildman–Crippen LogP) is 4.96. The molecule has 0 spiro atoms. The summed E-state index contributed by atoms with van der Waals surface area (Å²) >= 11 is 0. The summed E-state index contributed by atoms with van der Waals surface area (Å²) in [5.41, 5.74) is 5.76. The Hall–Kier alpha value is -1.37. The summed E-state index contributed by atoms with van der Waals surface area (Å²) in [6.07, 6.45) is 0. The van der Waals surface area contributed by atoms with E-state index in [1.807, 2.05) is 13.8 Å². The Labute approximate surface area is 105 Å². The lowest BCUT2D eigenvalue weighted by molar-refractivity contribution is 0.590. The van der Waals surface area contributed by atoms with Crippen LogP contribution in [0.2, 0.25) is 0 Å². The third kappa shape index (κ3) is 3.55. The number of aryl methyl sites for hydroxylation is 1. The highest BCUT2D eigenvalue weighted by atomic mass is 14.7. The summed E-state index contributed by atoms with van der Waals surface area (Å²) in [5.74, 6) is 0. The summed E-state index contributed by atoms with van der Waals surface area (Å²) in [6, 6.07) is 6.51. The predicted molar refractivity (Wildman–Crippen MR) is 77.5 cm³/mol. The van der Waals surface area contributed by atoms with Crippen molar-refractivity contribution in [2.24, 2.45) is 4.99 Å². The van der Waals surface area contributed by atoms with E-state index in [2.05, 4.69) is 57.5 Å². The van der Waals surface area contributed by atoms with Crippen LogP contribution in [0.15, 0.2) is 35.3 Å². The molecule has 1 heteroatoms. The van der Waals surface area contributed by atoms with E-state index in [1.165, 1.54) is 11.1 Å². The van der Waals surface area contributed by atoms with Crippen LogP contribution in [-0.4, -0.2) is 5.71 Å². The second-order valence-corrected chi connectivity index (χ2v) is 5.73. The van der Waals surface area contributed by atoms with Crippen LogP contribution in [0.3, 0.4) is 0 Å². The largest absolute Gasteiger partial charge is 0.253 e. The number of hydrogen-bond donors (Lipinski definition) is 0. The lowest BCUT2D eigenvalue weighted by Gasteiger charge is -2.20. The molecule has 0 atom stereocenters. The number of hydrogen-bond acceptors (Lipinski definition) is 1. The molecule has 0 aromatic heterocycles. The first-order chi connectivity index (χ1) is 7.71. The molecule has 0 heterocycles. The van der Waals surface area contributed by atoms with Gasteiger partial charge in [-0.25, -0.2) is 0 Å². The number of aliphatic imine (C=N–C) groups is 1. The summed E-state index contributed by atoms with van der Waals surface area (Å²) in [6.45, 7) is 16.7. The Morgan fingerprint density at radius 1 is 1.18 bits per heavy atom. The second-order valence-electron chi connectivity index (χ2n) is 5.73. The lowest BCUT2D eigenvalue weighted by Crippen LogP contribution is -2.10. The van der Waals surface area contributed by atoms with Crippen molar-refractivity contribution >= 4 is 11.4 Å². The van der Waals surface area contributed by atoms with Gasteiger partial charge in [0.05, 0.1) is 5.69 Å². The van der Waals surface area contributed by atoms with Crippen LogP contribution in [0.25, 0.3) is 0 Å². The standard InChI is InChI=1S/C16H23N/c1-11(2)13(4)17-15-10-14(16(5,6)7)9-8-12(15)3/h8-10H,1H2,2-7H3. The van der Waals surface area contributed by atoms with Crippen LogP contribution in [0.1, 0.15) is 45.7 Å². The molecule has 1 rings (SSSR count). The third-order valence-electron chi connectivity index (χ3n) is 2.98. The van der Waals surface area contributed by atoms with Crippen molar-refractivity contribution in [2.45, 2.75) is 47.0 Å². The minimum atomic E-state index is 0.162. The Morgan fingerprint density at radius 2 is 1.76 bits per heavy atom. The van der Waals surface area contributed by atoms with Crippen LogP contribution in [0.5, 0.6) is 0 Å². The number of allylic oxidation sites excluding steroid dienone is 1. The van der Waals surface area contributed by atoms with E-state index in [0.717, 1.165) is 17.0 Å². The van der Waals surface area contributed by atoms with E-state index >= 15 is 0 Å². The van der Waals surface area contributed by atoms with E-state index in [-0.39, 0.29) is 5.41 Å². The summed E-state index contributed by atoms with van der Waals surface area (Å²) < 4.78 is 0. The topological polar surface area (TPSA) is 12.4 Å². The van der Waals surface area contributed by atoms with Gasteiger partial charge < -0.3 is 0 Å². The molecule has 1 nitrogen and oxygen atoms in total. The van der Waals surface area contributed by atoms with Gasteiger partial charge in [0.1, 0.15) is 0 Å². The minimum absolute atomic E-state index is 0.162. The van der Waals surface area contributed by atoms with E-state index in [4.69, 9.17) is 0 Å². The molecule has 0 saturated carbocycles. The van der Waals surface area contributed by atoms with E-state index < -0.39 is 0 Å². The molecule has 0 bridgehead atoms. The molecule has 0 fully saturated rings. The zero-order valence-corrected chi connectivity index (χ0v) is 11.9.